The van der Waals surface area contributed by atoms with Crippen molar-refractivity contribution in [2.45, 2.75) is 13.0 Å². The topological polar surface area (TPSA) is 51.2 Å². The molecule has 0 radical (unpaired) electrons. The number of nitrogens with one attached hydrogen (secondary N) is 1. The average Bonchev–Trinajstić information content (AvgIpc) is 2.61. The minimum absolute atomic E-state index is 0.0969. The minimum Gasteiger partial charge on any atom is -0.494 e. The molecule has 1 amide bonds. The van der Waals surface area contributed by atoms with Crippen molar-refractivity contribution in [2.75, 3.05) is 7.11 Å². The number of hydrogen-bond donors (Lipinski definition) is 1. The van der Waals surface area contributed by atoms with Crippen LogP contribution < -0.4 is 10.1 Å². The fourth-order valence-electron chi connectivity index (χ4n) is 2.61. The van der Waals surface area contributed by atoms with Crippen LogP contribution in [-0.4, -0.2) is 18.0 Å². The number of hydrogen-bond acceptors (Lipinski definition) is 3. The molecule has 23 heavy (non-hydrogen) atoms. The Morgan fingerprint density at radius 3 is 2.52 bits per heavy atom. The summed E-state index contributed by atoms with van der Waals surface area (Å²) in [7, 11) is 1.54. The molecule has 0 saturated heterocycles. The van der Waals surface area contributed by atoms with Crippen molar-refractivity contribution < 1.29 is 9.53 Å². The maximum absolute atomic E-state index is 12.8. The van der Waals surface area contributed by atoms with E-state index in [-0.39, 0.29) is 11.9 Å². The molecule has 3 rings (SSSR count). The molecule has 0 saturated carbocycles. The third-order valence-corrected chi connectivity index (χ3v) is 3.83. The molecule has 0 aliphatic heterocycles. The summed E-state index contributed by atoms with van der Waals surface area (Å²) in [5.41, 5.74) is 2.34. The fraction of sp³-hybridized carbons (Fsp3) is 0.158. The fourth-order valence-corrected chi connectivity index (χ4v) is 2.61. The second-order valence-electron chi connectivity index (χ2n) is 5.32. The highest BCUT2D eigenvalue weighted by atomic mass is 16.5. The maximum atomic E-state index is 12.8. The second-order valence-corrected chi connectivity index (χ2v) is 5.32. The number of pyridine rings is 1. The number of fused-ring (bicyclic) bond motifs is 1. The Balaban J connectivity index is 1.97. The Morgan fingerprint density at radius 1 is 1.09 bits per heavy atom. The van der Waals surface area contributed by atoms with Crippen molar-refractivity contribution in [2.24, 2.45) is 0 Å². The highest BCUT2D eigenvalue weighted by Gasteiger charge is 2.19. The van der Waals surface area contributed by atoms with Gasteiger partial charge in [-0.1, -0.05) is 48.5 Å². The molecule has 1 heterocycles. The molecule has 1 unspecified atom stereocenters. The third kappa shape index (κ3) is 3.01. The van der Waals surface area contributed by atoms with Crippen LogP contribution in [0.5, 0.6) is 5.75 Å². The van der Waals surface area contributed by atoms with Gasteiger partial charge in [-0.25, -0.2) is 0 Å². The number of ether oxygens (including phenoxy) is 1. The first-order valence-electron chi connectivity index (χ1n) is 7.48. The molecular weight excluding hydrogens is 288 g/mol. The highest BCUT2D eigenvalue weighted by Crippen LogP contribution is 2.26. The summed E-state index contributed by atoms with van der Waals surface area (Å²) in [5, 5.41) is 3.81. The van der Waals surface area contributed by atoms with E-state index in [0.717, 1.165) is 16.5 Å². The monoisotopic (exact) mass is 306 g/mol. The van der Waals surface area contributed by atoms with E-state index < -0.39 is 0 Å². The number of benzene rings is 2. The standard InChI is InChI=1S/C19H18N2O2/c1-13(14-8-4-3-5-9-14)21-19(22)18-15-10-6-7-11-16(15)20-12-17(18)23-2/h3-13H,1-2H3,(H,21,22). The van der Waals surface area contributed by atoms with E-state index in [9.17, 15) is 4.79 Å². The molecule has 0 aliphatic rings. The van der Waals surface area contributed by atoms with Crippen molar-refractivity contribution in [1.29, 1.82) is 0 Å². The van der Waals surface area contributed by atoms with E-state index in [0.29, 0.717) is 11.3 Å². The number of nitrogens with zero attached hydrogens (tertiary/aromatic N) is 1. The molecule has 0 spiro atoms. The van der Waals surface area contributed by atoms with Gasteiger partial charge in [0, 0.05) is 5.39 Å². The predicted octanol–water partition coefficient (Wildman–Crippen LogP) is 3.73. The maximum Gasteiger partial charge on any atom is 0.256 e. The van der Waals surface area contributed by atoms with Gasteiger partial charge in [-0.3, -0.25) is 9.78 Å². The molecular formula is C19H18N2O2. The Bertz CT molecular complexity index is 831. The SMILES string of the molecule is COc1cnc2ccccc2c1C(=O)NC(C)c1ccccc1. The lowest BCUT2D eigenvalue weighted by molar-refractivity contribution is 0.0938. The molecule has 1 atom stereocenters. The molecule has 4 nitrogen and oxygen atoms in total. The summed E-state index contributed by atoms with van der Waals surface area (Å²) < 4.78 is 5.34. The van der Waals surface area contributed by atoms with Crippen molar-refractivity contribution in [3.63, 3.8) is 0 Å². The van der Waals surface area contributed by atoms with Crippen LogP contribution in [0, 0.1) is 0 Å². The summed E-state index contributed by atoms with van der Waals surface area (Å²) in [5.74, 6) is 0.304. The van der Waals surface area contributed by atoms with E-state index in [1.54, 1.807) is 13.3 Å². The molecule has 4 heteroatoms. The number of carbonyl (C=O) groups is 1. The van der Waals surface area contributed by atoms with Crippen LogP contribution in [0.4, 0.5) is 0 Å². The van der Waals surface area contributed by atoms with Crippen molar-refractivity contribution in [3.8, 4) is 5.75 Å². The number of methoxy groups -OCH3 is 1. The average molecular weight is 306 g/mol. The summed E-state index contributed by atoms with van der Waals surface area (Å²) in [4.78, 5) is 17.1. The van der Waals surface area contributed by atoms with E-state index in [1.165, 1.54) is 0 Å². The predicted molar refractivity (Wildman–Crippen MR) is 90.6 cm³/mol. The van der Waals surface area contributed by atoms with Gasteiger partial charge in [-0.2, -0.15) is 0 Å². The van der Waals surface area contributed by atoms with Gasteiger partial charge in [0.25, 0.3) is 5.91 Å². The Labute approximate surface area is 135 Å². The molecule has 0 fully saturated rings. The van der Waals surface area contributed by atoms with Crippen LogP contribution in [0.3, 0.4) is 0 Å². The van der Waals surface area contributed by atoms with E-state index in [1.807, 2.05) is 61.5 Å². The van der Waals surface area contributed by atoms with Gasteiger partial charge in [0.05, 0.1) is 30.4 Å². The van der Waals surface area contributed by atoms with Crippen LogP contribution in [0.15, 0.2) is 60.8 Å². The van der Waals surface area contributed by atoms with Crippen LogP contribution in [0.25, 0.3) is 10.9 Å². The van der Waals surface area contributed by atoms with Crippen LogP contribution in [0.2, 0.25) is 0 Å². The number of para-hydroxylation sites is 1. The van der Waals surface area contributed by atoms with Gasteiger partial charge < -0.3 is 10.1 Å². The number of rotatable bonds is 4. The smallest absolute Gasteiger partial charge is 0.256 e. The molecule has 1 N–H and O–H groups in total. The lowest BCUT2D eigenvalue weighted by atomic mass is 10.1. The third-order valence-electron chi connectivity index (χ3n) is 3.83. The van der Waals surface area contributed by atoms with Gasteiger partial charge in [0.15, 0.2) is 5.75 Å². The van der Waals surface area contributed by atoms with Crippen molar-refractivity contribution in [3.05, 3.63) is 71.9 Å². The van der Waals surface area contributed by atoms with E-state index >= 15 is 0 Å². The van der Waals surface area contributed by atoms with Gasteiger partial charge in [0.2, 0.25) is 0 Å². The van der Waals surface area contributed by atoms with Gasteiger partial charge >= 0.3 is 0 Å². The molecule has 0 aliphatic carbocycles. The Hall–Kier alpha value is -2.88. The summed E-state index contributed by atoms with van der Waals surface area (Å²) in [6, 6.07) is 17.3. The highest BCUT2D eigenvalue weighted by molar-refractivity contribution is 6.08. The van der Waals surface area contributed by atoms with Crippen LogP contribution in [0.1, 0.15) is 28.9 Å². The lowest BCUT2D eigenvalue weighted by Gasteiger charge is -2.16. The first kappa shape index (κ1) is 15.0. The Kier molecular flexibility index (Phi) is 4.24. The summed E-state index contributed by atoms with van der Waals surface area (Å²) >= 11 is 0. The molecule has 3 aromatic rings. The zero-order valence-electron chi connectivity index (χ0n) is 13.1. The van der Waals surface area contributed by atoms with Gasteiger partial charge in [0.1, 0.15) is 0 Å². The summed E-state index contributed by atoms with van der Waals surface area (Å²) in [6.07, 6.45) is 1.59. The minimum atomic E-state index is -0.170. The van der Waals surface area contributed by atoms with E-state index in [4.69, 9.17) is 4.74 Å². The van der Waals surface area contributed by atoms with Crippen molar-refractivity contribution >= 4 is 16.8 Å². The zero-order chi connectivity index (χ0) is 16.2. The first-order valence-corrected chi connectivity index (χ1v) is 7.48. The normalized spacial score (nSPS) is 11.9. The second kappa shape index (κ2) is 6.48. The van der Waals surface area contributed by atoms with E-state index in [2.05, 4.69) is 10.3 Å². The Morgan fingerprint density at radius 2 is 1.78 bits per heavy atom. The molecule has 0 bridgehead atoms. The lowest BCUT2D eigenvalue weighted by Crippen LogP contribution is -2.27. The molecule has 2 aromatic carbocycles. The first-order chi connectivity index (χ1) is 11.2. The molecule has 116 valence electrons. The quantitative estimate of drug-likeness (QED) is 0.799. The summed E-state index contributed by atoms with van der Waals surface area (Å²) in [6.45, 7) is 1.96. The molecule has 1 aromatic heterocycles. The van der Waals surface area contributed by atoms with Gasteiger partial charge in [-0.15, -0.1) is 0 Å². The number of carbonyl (C=O) groups excluding carboxylic acids is 1. The van der Waals surface area contributed by atoms with Gasteiger partial charge in [-0.05, 0) is 18.6 Å². The van der Waals surface area contributed by atoms with Crippen LogP contribution >= 0.6 is 0 Å². The zero-order valence-corrected chi connectivity index (χ0v) is 13.1. The number of aromatic nitrogens is 1. The van der Waals surface area contributed by atoms with Crippen molar-refractivity contribution in [1.82, 2.24) is 10.3 Å². The van der Waals surface area contributed by atoms with Crippen LogP contribution in [-0.2, 0) is 0 Å². The number of amides is 1. The largest absolute Gasteiger partial charge is 0.494 e.